The van der Waals surface area contributed by atoms with Crippen LogP contribution in [0.3, 0.4) is 0 Å². The van der Waals surface area contributed by atoms with Gasteiger partial charge in [-0.3, -0.25) is 4.72 Å². The summed E-state index contributed by atoms with van der Waals surface area (Å²) < 4.78 is 61.1. The van der Waals surface area contributed by atoms with E-state index in [1.807, 2.05) is 20.8 Å². The monoisotopic (exact) mass is 485 g/mol. The van der Waals surface area contributed by atoms with Crippen LogP contribution in [0.1, 0.15) is 22.5 Å². The summed E-state index contributed by atoms with van der Waals surface area (Å²) in [6, 6.07) is 12.1. The Morgan fingerprint density at radius 3 is 2.18 bits per heavy atom. The summed E-state index contributed by atoms with van der Waals surface area (Å²) in [5, 5.41) is 12.7. The fraction of sp³-hybridized carbons (Fsp3) is 0.174. The third kappa shape index (κ3) is 5.37. The molecule has 0 aliphatic heterocycles. The lowest BCUT2D eigenvalue weighted by atomic mass is 10.2. The quantitative estimate of drug-likeness (QED) is 0.411. The number of hydrogen-bond acceptors (Lipinski definition) is 6. The third-order valence-electron chi connectivity index (χ3n) is 5.13. The van der Waals surface area contributed by atoms with E-state index in [1.165, 1.54) is 12.1 Å². The first-order chi connectivity index (χ1) is 16.1. The zero-order chi connectivity index (χ0) is 24.5. The molecular formula is C23H21F2N5O3S. The Bertz CT molecular complexity index is 1420. The van der Waals surface area contributed by atoms with Gasteiger partial charge in [-0.2, -0.15) is 5.10 Å². The molecule has 0 radical (unpaired) electrons. The van der Waals surface area contributed by atoms with E-state index in [4.69, 9.17) is 4.74 Å². The number of hydrogen-bond donors (Lipinski definition) is 1. The highest BCUT2D eigenvalue weighted by Crippen LogP contribution is 2.23. The fourth-order valence-corrected chi connectivity index (χ4v) is 4.44. The lowest BCUT2D eigenvalue weighted by Gasteiger charge is -2.10. The van der Waals surface area contributed by atoms with Gasteiger partial charge in [-0.05, 0) is 74.4 Å². The van der Waals surface area contributed by atoms with Crippen molar-refractivity contribution in [3.8, 4) is 17.4 Å². The minimum atomic E-state index is -3.88. The highest BCUT2D eigenvalue weighted by Gasteiger charge is 2.14. The van der Waals surface area contributed by atoms with Crippen LogP contribution in [0.5, 0.6) is 11.6 Å². The van der Waals surface area contributed by atoms with Crippen LogP contribution in [-0.4, -0.2) is 28.4 Å². The van der Waals surface area contributed by atoms with Gasteiger partial charge in [-0.1, -0.05) is 0 Å². The highest BCUT2D eigenvalue weighted by molar-refractivity contribution is 7.91. The zero-order valence-corrected chi connectivity index (χ0v) is 19.4. The molecule has 2 heterocycles. The van der Waals surface area contributed by atoms with E-state index >= 15 is 0 Å². The number of benzene rings is 2. The molecule has 1 N–H and O–H groups in total. The van der Waals surface area contributed by atoms with Crippen molar-refractivity contribution < 1.29 is 21.9 Å². The van der Waals surface area contributed by atoms with E-state index in [1.54, 1.807) is 28.9 Å². The van der Waals surface area contributed by atoms with Crippen LogP contribution in [-0.2, 0) is 15.8 Å². The zero-order valence-electron chi connectivity index (χ0n) is 18.6. The van der Waals surface area contributed by atoms with Crippen molar-refractivity contribution in [1.29, 1.82) is 0 Å². The van der Waals surface area contributed by atoms with Gasteiger partial charge in [-0.25, -0.2) is 21.9 Å². The number of aryl methyl sites for hydroxylation is 1. The van der Waals surface area contributed by atoms with Gasteiger partial charge in [0.15, 0.2) is 5.82 Å². The molecule has 34 heavy (non-hydrogen) atoms. The Kier molecular flexibility index (Phi) is 6.29. The summed E-state index contributed by atoms with van der Waals surface area (Å²) in [7, 11) is -3.88. The number of nitrogens with one attached hydrogen (secondary N) is 1. The second kappa shape index (κ2) is 9.18. The molecule has 0 fully saturated rings. The highest BCUT2D eigenvalue weighted by atomic mass is 32.2. The number of halogens is 2. The van der Waals surface area contributed by atoms with Crippen LogP contribution >= 0.6 is 0 Å². The second-order valence-corrected chi connectivity index (χ2v) is 9.42. The Morgan fingerprint density at radius 1 is 0.941 bits per heavy atom. The van der Waals surface area contributed by atoms with Crippen LogP contribution in [0, 0.1) is 32.4 Å². The number of rotatable bonds is 7. The molecule has 0 unspecified atom stereocenters. The molecule has 2 aromatic heterocycles. The van der Waals surface area contributed by atoms with Crippen LogP contribution in [0.2, 0.25) is 0 Å². The standard InChI is InChI=1S/C23H21F2N5O3S/c1-14-15(2)28-30(16(14)3)22-8-9-23(27-26-22)33-21-6-4-20(5-7-21)29-34(31,32)13-17-10-18(24)12-19(25)11-17/h4-12,29H,13H2,1-3H3. The maximum absolute atomic E-state index is 13.3. The number of aromatic nitrogens is 4. The van der Waals surface area contributed by atoms with E-state index in [0.29, 0.717) is 17.6 Å². The molecule has 0 amide bonds. The molecule has 0 spiro atoms. The first-order valence-corrected chi connectivity index (χ1v) is 11.9. The maximum atomic E-state index is 13.3. The van der Waals surface area contributed by atoms with E-state index < -0.39 is 27.4 Å². The molecule has 0 atom stereocenters. The maximum Gasteiger partial charge on any atom is 0.238 e. The topological polar surface area (TPSA) is 99.0 Å². The third-order valence-corrected chi connectivity index (χ3v) is 6.39. The molecule has 0 aliphatic rings. The summed E-state index contributed by atoms with van der Waals surface area (Å²) in [5.74, 6) is -1.02. The van der Waals surface area contributed by atoms with Gasteiger partial charge in [0, 0.05) is 23.5 Å². The Labute approximate surface area is 195 Å². The van der Waals surface area contributed by atoms with Crippen molar-refractivity contribution in [1.82, 2.24) is 20.0 Å². The Balaban J connectivity index is 1.41. The van der Waals surface area contributed by atoms with Gasteiger partial charge in [0.25, 0.3) is 0 Å². The Hall–Kier alpha value is -3.86. The first-order valence-electron chi connectivity index (χ1n) is 10.2. The predicted molar refractivity (Wildman–Crippen MR) is 122 cm³/mol. The number of nitrogens with zero attached hydrogens (tertiary/aromatic N) is 4. The van der Waals surface area contributed by atoms with Gasteiger partial charge in [0.2, 0.25) is 15.9 Å². The number of sulfonamides is 1. The average Bonchev–Trinajstić information content (AvgIpc) is 3.01. The predicted octanol–water partition coefficient (Wildman–Crippen LogP) is 4.60. The fourth-order valence-electron chi connectivity index (χ4n) is 3.27. The van der Waals surface area contributed by atoms with Crippen molar-refractivity contribution in [2.75, 3.05) is 4.72 Å². The van der Waals surface area contributed by atoms with Crippen LogP contribution in [0.4, 0.5) is 14.5 Å². The smallest absolute Gasteiger partial charge is 0.238 e. The molecule has 11 heteroatoms. The van der Waals surface area contributed by atoms with Crippen molar-refractivity contribution >= 4 is 15.7 Å². The first kappa shape index (κ1) is 23.3. The molecule has 0 bridgehead atoms. The molecule has 0 saturated carbocycles. The average molecular weight is 486 g/mol. The summed E-state index contributed by atoms with van der Waals surface area (Å²) in [4.78, 5) is 0. The van der Waals surface area contributed by atoms with E-state index in [2.05, 4.69) is 20.0 Å². The van der Waals surface area contributed by atoms with Crippen molar-refractivity contribution in [2.45, 2.75) is 26.5 Å². The second-order valence-electron chi connectivity index (χ2n) is 7.70. The normalized spacial score (nSPS) is 11.4. The molecule has 4 aromatic rings. The summed E-state index contributed by atoms with van der Waals surface area (Å²) in [5.41, 5.74) is 3.24. The molecule has 4 rings (SSSR count). The van der Waals surface area contributed by atoms with Crippen LogP contribution < -0.4 is 9.46 Å². The van der Waals surface area contributed by atoms with Gasteiger partial charge in [0.05, 0.1) is 11.4 Å². The van der Waals surface area contributed by atoms with Gasteiger partial charge >= 0.3 is 0 Å². The van der Waals surface area contributed by atoms with Gasteiger partial charge < -0.3 is 4.74 Å². The molecule has 8 nitrogen and oxygen atoms in total. The lowest BCUT2D eigenvalue weighted by Crippen LogP contribution is -2.15. The SMILES string of the molecule is Cc1nn(-c2ccc(Oc3ccc(NS(=O)(=O)Cc4cc(F)cc(F)c4)cc3)nn2)c(C)c1C. The number of ether oxygens (including phenoxy) is 1. The van der Waals surface area contributed by atoms with Gasteiger partial charge in [0.1, 0.15) is 17.4 Å². The minimum Gasteiger partial charge on any atom is -0.438 e. The van der Waals surface area contributed by atoms with Crippen molar-refractivity contribution in [3.05, 3.63) is 88.7 Å². The molecule has 0 saturated heterocycles. The molecule has 0 aliphatic carbocycles. The van der Waals surface area contributed by atoms with E-state index in [0.717, 1.165) is 29.1 Å². The van der Waals surface area contributed by atoms with E-state index in [-0.39, 0.29) is 17.1 Å². The molecule has 176 valence electrons. The summed E-state index contributed by atoms with van der Waals surface area (Å²) in [6.07, 6.45) is 0. The Morgan fingerprint density at radius 2 is 1.62 bits per heavy atom. The lowest BCUT2D eigenvalue weighted by molar-refractivity contribution is 0.454. The van der Waals surface area contributed by atoms with Crippen molar-refractivity contribution in [2.24, 2.45) is 0 Å². The number of anilines is 1. The summed E-state index contributed by atoms with van der Waals surface area (Å²) >= 11 is 0. The minimum absolute atomic E-state index is 0.00241. The molecule has 2 aromatic carbocycles. The summed E-state index contributed by atoms with van der Waals surface area (Å²) in [6.45, 7) is 5.87. The van der Waals surface area contributed by atoms with Crippen LogP contribution in [0.25, 0.3) is 5.82 Å². The largest absolute Gasteiger partial charge is 0.438 e. The molecular weight excluding hydrogens is 464 g/mol. The van der Waals surface area contributed by atoms with Crippen LogP contribution in [0.15, 0.2) is 54.6 Å². The van der Waals surface area contributed by atoms with Crippen molar-refractivity contribution in [3.63, 3.8) is 0 Å². The van der Waals surface area contributed by atoms with Gasteiger partial charge in [-0.15, -0.1) is 10.2 Å². The van der Waals surface area contributed by atoms with E-state index in [9.17, 15) is 17.2 Å².